The van der Waals surface area contributed by atoms with Gasteiger partial charge in [-0.05, 0) is 27.6 Å². The summed E-state index contributed by atoms with van der Waals surface area (Å²) in [6, 6.07) is 12.2. The minimum absolute atomic E-state index is 0.558. The van der Waals surface area contributed by atoms with E-state index < -0.39 is 0 Å². The maximum Gasteiger partial charge on any atom is 0.243 e. The third-order valence-electron chi connectivity index (χ3n) is 3.33. The molecule has 1 N–H and O–H groups in total. The molecular formula is C16H10BrN3O. The Morgan fingerprint density at radius 3 is 2.71 bits per heavy atom. The molecule has 0 unspecified atom stereocenters. The molecule has 0 bridgehead atoms. The van der Waals surface area contributed by atoms with Gasteiger partial charge in [0.1, 0.15) is 17.6 Å². The number of rotatable bonds is 2. The monoisotopic (exact) mass is 339 g/mol. The van der Waals surface area contributed by atoms with Gasteiger partial charge in [-0.2, -0.15) is 0 Å². The minimum atomic E-state index is 0.558. The molecular weight excluding hydrogens is 330 g/mol. The van der Waals surface area contributed by atoms with Gasteiger partial charge < -0.3 is 9.40 Å². The summed E-state index contributed by atoms with van der Waals surface area (Å²) in [4.78, 5) is 12.0. The highest BCUT2D eigenvalue weighted by molar-refractivity contribution is 9.10. The van der Waals surface area contributed by atoms with Gasteiger partial charge in [0.2, 0.25) is 5.89 Å². The third kappa shape index (κ3) is 2.06. The first-order valence-electron chi connectivity index (χ1n) is 6.45. The number of benzene rings is 1. The molecule has 0 aliphatic heterocycles. The molecule has 0 radical (unpaired) electrons. The lowest BCUT2D eigenvalue weighted by molar-refractivity contribution is 0.573. The summed E-state index contributed by atoms with van der Waals surface area (Å²) in [6.07, 6.45) is 4.98. The van der Waals surface area contributed by atoms with E-state index in [1.165, 1.54) is 0 Å². The van der Waals surface area contributed by atoms with Crippen molar-refractivity contribution in [2.45, 2.75) is 0 Å². The molecule has 0 aliphatic carbocycles. The standard InChI is InChI=1S/C16H10BrN3O/c17-11-8-12-13(10-4-2-1-3-5-10)14(16-18-6-7-21-16)20-15(12)19-9-11/h1-9H,(H,19,20). The molecule has 0 amide bonds. The molecule has 1 aromatic carbocycles. The largest absolute Gasteiger partial charge is 0.443 e. The zero-order chi connectivity index (χ0) is 14.2. The van der Waals surface area contributed by atoms with Gasteiger partial charge in [-0.25, -0.2) is 9.97 Å². The van der Waals surface area contributed by atoms with Crippen LogP contribution < -0.4 is 0 Å². The van der Waals surface area contributed by atoms with Gasteiger partial charge in [0, 0.05) is 21.6 Å². The number of pyridine rings is 1. The number of halogens is 1. The zero-order valence-corrected chi connectivity index (χ0v) is 12.5. The molecule has 4 nitrogen and oxygen atoms in total. The molecule has 3 aromatic heterocycles. The molecule has 5 heteroatoms. The second-order valence-electron chi connectivity index (χ2n) is 4.63. The second-order valence-corrected chi connectivity index (χ2v) is 5.54. The predicted molar refractivity (Wildman–Crippen MR) is 84.7 cm³/mol. The number of H-pyrrole nitrogens is 1. The maximum atomic E-state index is 5.46. The first-order valence-corrected chi connectivity index (χ1v) is 7.25. The van der Waals surface area contributed by atoms with E-state index in [2.05, 4.69) is 43.0 Å². The van der Waals surface area contributed by atoms with Crippen LogP contribution in [0.2, 0.25) is 0 Å². The number of aromatic amines is 1. The van der Waals surface area contributed by atoms with Crippen molar-refractivity contribution in [3.05, 3.63) is 59.5 Å². The lowest BCUT2D eigenvalue weighted by Crippen LogP contribution is -1.82. The Morgan fingerprint density at radius 2 is 1.95 bits per heavy atom. The first kappa shape index (κ1) is 12.3. The highest BCUT2D eigenvalue weighted by atomic mass is 79.9. The number of hydrogen-bond donors (Lipinski definition) is 1. The van der Waals surface area contributed by atoms with E-state index in [4.69, 9.17) is 4.42 Å². The molecule has 3 heterocycles. The number of nitrogens with zero attached hydrogens (tertiary/aromatic N) is 2. The van der Waals surface area contributed by atoms with Crippen LogP contribution in [0.25, 0.3) is 33.7 Å². The number of fused-ring (bicyclic) bond motifs is 1. The minimum Gasteiger partial charge on any atom is -0.443 e. The van der Waals surface area contributed by atoms with Crippen LogP contribution in [0.5, 0.6) is 0 Å². The molecule has 0 saturated heterocycles. The second kappa shape index (κ2) is 4.86. The predicted octanol–water partition coefficient (Wildman–Crippen LogP) is 4.65. The van der Waals surface area contributed by atoms with Crippen molar-refractivity contribution in [2.75, 3.05) is 0 Å². The van der Waals surface area contributed by atoms with Crippen molar-refractivity contribution >= 4 is 27.0 Å². The summed E-state index contributed by atoms with van der Waals surface area (Å²) in [5, 5.41) is 1.03. The Balaban J connectivity index is 2.09. The number of nitrogens with one attached hydrogen (secondary N) is 1. The van der Waals surface area contributed by atoms with E-state index in [1.54, 1.807) is 18.7 Å². The Hall–Kier alpha value is -2.40. The van der Waals surface area contributed by atoms with E-state index in [-0.39, 0.29) is 0 Å². The summed E-state index contributed by atoms with van der Waals surface area (Å²) >= 11 is 3.48. The fourth-order valence-corrected chi connectivity index (χ4v) is 2.79. The molecule has 0 atom stereocenters. The molecule has 21 heavy (non-hydrogen) atoms. The Morgan fingerprint density at radius 1 is 1.10 bits per heavy atom. The van der Waals surface area contributed by atoms with Crippen molar-refractivity contribution in [2.24, 2.45) is 0 Å². The normalized spacial score (nSPS) is 11.1. The summed E-state index contributed by atoms with van der Waals surface area (Å²) in [7, 11) is 0. The summed E-state index contributed by atoms with van der Waals surface area (Å²) in [5.74, 6) is 0.558. The van der Waals surface area contributed by atoms with Crippen LogP contribution in [0.4, 0.5) is 0 Å². The number of hydrogen-bond acceptors (Lipinski definition) is 3. The quantitative estimate of drug-likeness (QED) is 0.578. The smallest absolute Gasteiger partial charge is 0.243 e. The van der Waals surface area contributed by atoms with Crippen LogP contribution in [0.1, 0.15) is 0 Å². The molecule has 0 aliphatic rings. The summed E-state index contributed by atoms with van der Waals surface area (Å²) < 4.78 is 6.39. The van der Waals surface area contributed by atoms with Crippen molar-refractivity contribution in [3.8, 4) is 22.7 Å². The average molecular weight is 340 g/mol. The first-order chi connectivity index (χ1) is 10.3. The summed E-state index contributed by atoms with van der Waals surface area (Å²) in [5.41, 5.74) is 3.79. The van der Waals surface area contributed by atoms with E-state index in [9.17, 15) is 0 Å². The van der Waals surface area contributed by atoms with Gasteiger partial charge in [0.15, 0.2) is 0 Å². The average Bonchev–Trinajstić information content (AvgIpc) is 3.14. The van der Waals surface area contributed by atoms with Crippen LogP contribution >= 0.6 is 15.9 Å². The van der Waals surface area contributed by atoms with Gasteiger partial charge in [-0.15, -0.1) is 0 Å². The molecule has 4 rings (SSSR count). The van der Waals surface area contributed by atoms with Gasteiger partial charge in [0.05, 0.1) is 6.20 Å². The van der Waals surface area contributed by atoms with Crippen LogP contribution in [-0.4, -0.2) is 15.0 Å². The van der Waals surface area contributed by atoms with E-state index in [1.807, 2.05) is 24.3 Å². The Bertz CT molecular complexity index is 898. The maximum absolute atomic E-state index is 5.46. The molecule has 0 saturated carbocycles. The van der Waals surface area contributed by atoms with E-state index >= 15 is 0 Å². The van der Waals surface area contributed by atoms with Crippen LogP contribution in [-0.2, 0) is 0 Å². The number of aromatic nitrogens is 3. The van der Waals surface area contributed by atoms with Gasteiger partial charge >= 0.3 is 0 Å². The fourth-order valence-electron chi connectivity index (χ4n) is 2.46. The van der Waals surface area contributed by atoms with Crippen molar-refractivity contribution in [3.63, 3.8) is 0 Å². The summed E-state index contributed by atoms with van der Waals surface area (Å²) in [6.45, 7) is 0. The van der Waals surface area contributed by atoms with Gasteiger partial charge in [-0.3, -0.25) is 0 Å². The number of oxazole rings is 1. The topological polar surface area (TPSA) is 54.7 Å². The fraction of sp³-hybridized carbons (Fsp3) is 0. The SMILES string of the molecule is Brc1cnc2[nH]c(-c3ncco3)c(-c3ccccc3)c2c1. The Labute approximate surface area is 129 Å². The lowest BCUT2D eigenvalue weighted by Gasteiger charge is -2.02. The van der Waals surface area contributed by atoms with Gasteiger partial charge in [0.25, 0.3) is 0 Å². The van der Waals surface area contributed by atoms with Crippen LogP contribution in [0.15, 0.2) is 63.9 Å². The zero-order valence-electron chi connectivity index (χ0n) is 10.9. The molecule has 0 spiro atoms. The highest BCUT2D eigenvalue weighted by Crippen LogP contribution is 2.37. The van der Waals surface area contributed by atoms with E-state index in [0.29, 0.717) is 5.89 Å². The highest BCUT2D eigenvalue weighted by Gasteiger charge is 2.18. The van der Waals surface area contributed by atoms with Crippen LogP contribution in [0, 0.1) is 0 Å². The van der Waals surface area contributed by atoms with E-state index in [0.717, 1.165) is 32.3 Å². The van der Waals surface area contributed by atoms with Crippen molar-refractivity contribution in [1.29, 1.82) is 0 Å². The third-order valence-corrected chi connectivity index (χ3v) is 3.76. The van der Waals surface area contributed by atoms with Crippen LogP contribution in [0.3, 0.4) is 0 Å². The van der Waals surface area contributed by atoms with Gasteiger partial charge in [-0.1, -0.05) is 30.3 Å². The lowest BCUT2D eigenvalue weighted by atomic mass is 10.0. The van der Waals surface area contributed by atoms with Crippen molar-refractivity contribution < 1.29 is 4.42 Å². The molecule has 0 fully saturated rings. The Kier molecular flexibility index (Phi) is 2.86. The van der Waals surface area contributed by atoms with Crippen molar-refractivity contribution in [1.82, 2.24) is 15.0 Å². The molecule has 4 aromatic rings. The molecule has 102 valence electrons.